The molecule has 1 aromatic rings. The van der Waals surface area contributed by atoms with Gasteiger partial charge < -0.3 is 5.32 Å². The Balaban J connectivity index is 0.00000162. The van der Waals surface area contributed by atoms with Crippen molar-refractivity contribution in [3.63, 3.8) is 0 Å². The summed E-state index contributed by atoms with van der Waals surface area (Å²) in [7, 11) is -3.35. The van der Waals surface area contributed by atoms with Crippen molar-refractivity contribution in [1.82, 2.24) is 15.3 Å². The van der Waals surface area contributed by atoms with Gasteiger partial charge >= 0.3 is 0 Å². The minimum Gasteiger partial charge on any atom is -0.317 e. The molecule has 0 bridgehead atoms. The molecule has 0 unspecified atom stereocenters. The van der Waals surface area contributed by atoms with Crippen molar-refractivity contribution in [3.05, 3.63) is 17.5 Å². The quantitative estimate of drug-likeness (QED) is 0.673. The fraction of sp³-hybridized carbons (Fsp3) is 0.600. The molecule has 1 aromatic heterocycles. The number of nitrogens with one attached hydrogen (secondary N) is 1. The first kappa shape index (κ1) is 15.6. The van der Waals surface area contributed by atoms with Crippen molar-refractivity contribution in [2.45, 2.75) is 17.9 Å². The van der Waals surface area contributed by atoms with E-state index in [4.69, 9.17) is 11.6 Å². The third kappa shape index (κ3) is 4.05. The Morgan fingerprint density at radius 3 is 2.67 bits per heavy atom. The summed E-state index contributed by atoms with van der Waals surface area (Å²) in [5.74, 6) is 0.345. The molecule has 8 heteroatoms. The minimum atomic E-state index is -3.35. The van der Waals surface area contributed by atoms with Crippen LogP contribution in [-0.2, 0) is 9.84 Å². The number of hydrogen-bond donors (Lipinski definition) is 1. The Morgan fingerprint density at radius 2 is 2.06 bits per heavy atom. The van der Waals surface area contributed by atoms with E-state index < -0.39 is 9.84 Å². The highest BCUT2D eigenvalue weighted by molar-refractivity contribution is 7.91. The van der Waals surface area contributed by atoms with Crippen LogP contribution in [0.5, 0.6) is 0 Å². The van der Waals surface area contributed by atoms with Gasteiger partial charge in [-0.15, -0.1) is 12.4 Å². The maximum absolute atomic E-state index is 12.1. The van der Waals surface area contributed by atoms with E-state index in [0.717, 1.165) is 25.9 Å². The van der Waals surface area contributed by atoms with Crippen LogP contribution in [0.1, 0.15) is 12.8 Å². The van der Waals surface area contributed by atoms with Crippen molar-refractivity contribution < 1.29 is 8.42 Å². The number of hydrogen-bond acceptors (Lipinski definition) is 5. The smallest absolute Gasteiger partial charge is 0.223 e. The molecule has 0 saturated carbocycles. The fourth-order valence-electron chi connectivity index (χ4n) is 1.94. The molecule has 1 N–H and O–H groups in total. The summed E-state index contributed by atoms with van der Waals surface area (Å²) in [6.45, 7) is 1.76. The van der Waals surface area contributed by atoms with Crippen LogP contribution < -0.4 is 5.32 Å². The molecule has 1 fully saturated rings. The van der Waals surface area contributed by atoms with Gasteiger partial charge in [0.2, 0.25) is 5.28 Å². The highest BCUT2D eigenvalue weighted by Gasteiger charge is 2.24. The third-order valence-corrected chi connectivity index (χ3v) is 4.79. The van der Waals surface area contributed by atoms with E-state index >= 15 is 0 Å². The number of piperidine rings is 1. The predicted molar refractivity (Wildman–Crippen MR) is 71.9 cm³/mol. The zero-order chi connectivity index (χ0) is 12.3. The molecule has 0 amide bonds. The molecule has 2 heterocycles. The van der Waals surface area contributed by atoms with Crippen molar-refractivity contribution >= 4 is 33.8 Å². The van der Waals surface area contributed by atoms with Crippen LogP contribution in [0.2, 0.25) is 5.28 Å². The van der Waals surface area contributed by atoms with E-state index in [0.29, 0.717) is 0 Å². The van der Waals surface area contributed by atoms with Gasteiger partial charge in [0.15, 0.2) is 14.9 Å². The van der Waals surface area contributed by atoms with Crippen molar-refractivity contribution in [2.24, 2.45) is 5.92 Å². The lowest BCUT2D eigenvalue weighted by Gasteiger charge is -2.21. The van der Waals surface area contributed by atoms with E-state index in [-0.39, 0.29) is 34.4 Å². The summed E-state index contributed by atoms with van der Waals surface area (Å²) >= 11 is 5.60. The Kier molecular flexibility index (Phi) is 5.78. The summed E-state index contributed by atoms with van der Waals surface area (Å²) in [5, 5.41) is 3.20. The molecule has 0 aliphatic carbocycles. The molecule has 2 rings (SSSR count). The first-order valence-corrected chi connectivity index (χ1v) is 7.53. The van der Waals surface area contributed by atoms with Crippen LogP contribution in [0.3, 0.4) is 0 Å². The van der Waals surface area contributed by atoms with Crippen LogP contribution in [0.25, 0.3) is 0 Å². The maximum atomic E-state index is 12.1. The second-order valence-corrected chi connectivity index (χ2v) is 6.46. The Bertz CT molecular complexity index is 490. The third-order valence-electron chi connectivity index (χ3n) is 2.83. The molecule has 5 nitrogen and oxygen atoms in total. The molecular weight excluding hydrogens is 297 g/mol. The summed E-state index contributed by atoms with van der Waals surface area (Å²) in [6, 6.07) is 1.39. The largest absolute Gasteiger partial charge is 0.317 e. The van der Waals surface area contributed by atoms with Gasteiger partial charge in [-0.05, 0) is 49.5 Å². The second-order valence-electron chi connectivity index (χ2n) is 4.14. The van der Waals surface area contributed by atoms with Gasteiger partial charge in [0, 0.05) is 6.20 Å². The predicted octanol–water partition coefficient (Wildman–Crippen LogP) is 1.33. The first-order chi connectivity index (χ1) is 8.08. The normalized spacial score (nSPS) is 17.2. The Hall–Kier alpha value is -0.430. The molecule has 0 radical (unpaired) electrons. The van der Waals surface area contributed by atoms with E-state index in [9.17, 15) is 8.42 Å². The average Bonchev–Trinajstić information content (AvgIpc) is 2.30. The van der Waals surface area contributed by atoms with Gasteiger partial charge in [-0.3, -0.25) is 0 Å². The van der Waals surface area contributed by atoms with Crippen molar-refractivity contribution in [3.8, 4) is 0 Å². The summed E-state index contributed by atoms with van der Waals surface area (Å²) in [5.41, 5.74) is 0. The van der Waals surface area contributed by atoms with Crippen LogP contribution in [0.4, 0.5) is 0 Å². The maximum Gasteiger partial charge on any atom is 0.223 e. The van der Waals surface area contributed by atoms with E-state index in [1.54, 1.807) is 0 Å². The van der Waals surface area contributed by atoms with E-state index in [2.05, 4.69) is 15.3 Å². The first-order valence-electron chi connectivity index (χ1n) is 5.50. The highest BCUT2D eigenvalue weighted by atomic mass is 35.5. The average molecular weight is 312 g/mol. The lowest BCUT2D eigenvalue weighted by molar-refractivity contribution is 0.401. The topological polar surface area (TPSA) is 72.0 Å². The number of rotatable bonds is 3. The minimum absolute atomic E-state index is 0. The van der Waals surface area contributed by atoms with E-state index in [1.165, 1.54) is 12.3 Å². The standard InChI is InChI=1S/C10H14ClN3O2S.ClH/c11-10-13-6-3-9(14-10)17(15,16)7-8-1-4-12-5-2-8;/h3,6,8,12H,1-2,4-5,7H2;1H. The molecule has 18 heavy (non-hydrogen) atoms. The lowest BCUT2D eigenvalue weighted by atomic mass is 10.0. The molecule has 1 saturated heterocycles. The molecular formula is C10H15Cl2N3O2S. The van der Waals surface area contributed by atoms with Gasteiger partial charge in [-0.2, -0.15) is 0 Å². The van der Waals surface area contributed by atoms with Gasteiger partial charge in [0.25, 0.3) is 0 Å². The fourth-order valence-corrected chi connectivity index (χ4v) is 3.75. The van der Waals surface area contributed by atoms with Gasteiger partial charge in [-0.25, -0.2) is 18.4 Å². The monoisotopic (exact) mass is 311 g/mol. The summed E-state index contributed by atoms with van der Waals surface area (Å²) < 4.78 is 24.2. The zero-order valence-electron chi connectivity index (χ0n) is 9.67. The molecule has 1 aliphatic rings. The Morgan fingerprint density at radius 1 is 1.39 bits per heavy atom. The number of sulfone groups is 1. The molecule has 102 valence electrons. The summed E-state index contributed by atoms with van der Waals surface area (Å²) in [6.07, 6.45) is 3.14. The van der Waals surface area contributed by atoms with Crippen LogP contribution in [-0.4, -0.2) is 37.2 Å². The van der Waals surface area contributed by atoms with Gasteiger partial charge in [0.1, 0.15) is 0 Å². The zero-order valence-corrected chi connectivity index (χ0v) is 12.1. The van der Waals surface area contributed by atoms with Crippen LogP contribution >= 0.6 is 24.0 Å². The Labute approximate surface area is 118 Å². The van der Waals surface area contributed by atoms with Crippen molar-refractivity contribution in [1.29, 1.82) is 0 Å². The molecule has 1 aliphatic heterocycles. The number of nitrogens with zero attached hydrogens (tertiary/aromatic N) is 2. The summed E-state index contributed by atoms with van der Waals surface area (Å²) in [4.78, 5) is 7.44. The highest BCUT2D eigenvalue weighted by Crippen LogP contribution is 2.18. The molecule has 0 spiro atoms. The van der Waals surface area contributed by atoms with Crippen molar-refractivity contribution in [2.75, 3.05) is 18.8 Å². The second kappa shape index (κ2) is 6.65. The SMILES string of the molecule is Cl.O=S(=O)(CC1CCNCC1)c1ccnc(Cl)n1. The van der Waals surface area contributed by atoms with Crippen LogP contribution in [0.15, 0.2) is 17.3 Å². The van der Waals surface area contributed by atoms with Gasteiger partial charge in [-0.1, -0.05) is 0 Å². The molecule has 0 atom stereocenters. The van der Waals surface area contributed by atoms with Gasteiger partial charge in [0.05, 0.1) is 5.75 Å². The molecule has 0 aromatic carbocycles. The number of halogens is 2. The van der Waals surface area contributed by atoms with Crippen LogP contribution in [0, 0.1) is 5.92 Å². The lowest BCUT2D eigenvalue weighted by Crippen LogP contribution is -2.31. The number of aromatic nitrogens is 2. The van der Waals surface area contributed by atoms with E-state index in [1.807, 2.05) is 0 Å².